The van der Waals surface area contributed by atoms with Crippen molar-refractivity contribution in [3.63, 3.8) is 0 Å². The number of benzene rings is 3. The van der Waals surface area contributed by atoms with E-state index in [-0.39, 0.29) is 25.4 Å². The number of carboxylic acid groups (broad SMARTS) is 1. The number of nitrogens with one attached hydrogen (secondary N) is 2. The molecule has 216 valence electrons. The standard InChI is InChI=1S/C34H35N3O5/c1-2-10-30(32(39)40)35-31(38)21-34(17-19-37(20-18-34)22-24-11-4-3-5-12-24)36-33(41)42-23-29-27-15-8-6-13-25(27)26-14-7-9-16-28(26)29/h1,3-9,11-16,29-30H,10,17-23H2,(H,35,38)(H,36,41)(H,39,40). The molecule has 0 spiro atoms. The van der Waals surface area contributed by atoms with Crippen molar-refractivity contribution in [3.8, 4) is 23.5 Å². The summed E-state index contributed by atoms with van der Waals surface area (Å²) in [6.07, 6.45) is 5.50. The molecule has 42 heavy (non-hydrogen) atoms. The van der Waals surface area contributed by atoms with Crippen molar-refractivity contribution in [2.45, 2.75) is 49.7 Å². The predicted octanol–water partition coefficient (Wildman–Crippen LogP) is 4.54. The normalized spacial score (nSPS) is 16.4. The SMILES string of the molecule is C#CCC(NC(=O)CC1(NC(=O)OCC2c3ccccc3-c3ccccc32)CCN(Cc2ccccc2)CC1)C(=O)O. The van der Waals surface area contributed by atoms with Crippen LogP contribution in [0.15, 0.2) is 78.9 Å². The van der Waals surface area contributed by atoms with E-state index in [0.717, 1.165) is 28.8 Å². The molecule has 3 aromatic rings. The van der Waals surface area contributed by atoms with Crippen molar-refractivity contribution >= 4 is 18.0 Å². The quantitative estimate of drug-likeness (QED) is 0.312. The summed E-state index contributed by atoms with van der Waals surface area (Å²) >= 11 is 0. The number of nitrogens with zero attached hydrogens (tertiary/aromatic N) is 1. The van der Waals surface area contributed by atoms with Crippen LogP contribution in [-0.2, 0) is 20.9 Å². The number of fused-ring (bicyclic) bond motifs is 3. The minimum absolute atomic E-state index is 0.0786. The van der Waals surface area contributed by atoms with Gasteiger partial charge in [0.15, 0.2) is 0 Å². The number of carbonyl (C=O) groups is 3. The monoisotopic (exact) mass is 565 g/mol. The van der Waals surface area contributed by atoms with Crippen molar-refractivity contribution in [2.24, 2.45) is 0 Å². The molecule has 0 saturated carbocycles. The van der Waals surface area contributed by atoms with Crippen LogP contribution in [0.1, 0.15) is 48.3 Å². The van der Waals surface area contributed by atoms with Crippen LogP contribution < -0.4 is 10.6 Å². The van der Waals surface area contributed by atoms with Crippen LogP contribution in [0, 0.1) is 12.3 Å². The molecular formula is C34H35N3O5. The fraction of sp³-hybridized carbons (Fsp3) is 0.324. The maximum Gasteiger partial charge on any atom is 0.407 e. The van der Waals surface area contributed by atoms with Gasteiger partial charge in [-0.2, -0.15) is 0 Å². The van der Waals surface area contributed by atoms with Gasteiger partial charge in [-0.3, -0.25) is 9.69 Å². The second-order valence-corrected chi connectivity index (χ2v) is 11.0. The number of carboxylic acids is 1. The summed E-state index contributed by atoms with van der Waals surface area (Å²) < 4.78 is 5.81. The molecule has 0 radical (unpaired) electrons. The Labute approximate surface area is 246 Å². The van der Waals surface area contributed by atoms with E-state index in [1.165, 1.54) is 5.56 Å². The van der Waals surface area contributed by atoms with E-state index < -0.39 is 29.6 Å². The van der Waals surface area contributed by atoms with Crippen LogP contribution >= 0.6 is 0 Å². The molecule has 1 unspecified atom stereocenters. The Morgan fingerprint density at radius 3 is 2.14 bits per heavy atom. The highest BCUT2D eigenvalue weighted by Gasteiger charge is 2.39. The molecule has 8 heteroatoms. The topological polar surface area (TPSA) is 108 Å². The number of alkyl carbamates (subject to hydrolysis) is 1. The molecule has 1 saturated heterocycles. The predicted molar refractivity (Wildman–Crippen MR) is 160 cm³/mol. The molecule has 5 rings (SSSR count). The Kier molecular flexibility index (Phi) is 8.89. The molecule has 0 aromatic heterocycles. The maximum absolute atomic E-state index is 13.3. The van der Waals surface area contributed by atoms with E-state index in [1.54, 1.807) is 0 Å². The molecule has 3 N–H and O–H groups in total. The number of piperidine rings is 1. The van der Waals surface area contributed by atoms with Crippen LogP contribution in [0.25, 0.3) is 11.1 Å². The minimum Gasteiger partial charge on any atom is -0.480 e. The van der Waals surface area contributed by atoms with Crippen molar-refractivity contribution < 1.29 is 24.2 Å². The van der Waals surface area contributed by atoms with E-state index >= 15 is 0 Å². The second-order valence-electron chi connectivity index (χ2n) is 11.0. The maximum atomic E-state index is 13.3. The van der Waals surface area contributed by atoms with Gasteiger partial charge < -0.3 is 20.5 Å². The summed E-state index contributed by atoms with van der Waals surface area (Å²) in [5.74, 6) is 0.531. The van der Waals surface area contributed by atoms with Crippen molar-refractivity contribution in [1.82, 2.24) is 15.5 Å². The van der Waals surface area contributed by atoms with E-state index in [2.05, 4.69) is 57.9 Å². The highest BCUT2D eigenvalue weighted by Crippen LogP contribution is 2.44. The molecule has 1 heterocycles. The lowest BCUT2D eigenvalue weighted by Gasteiger charge is -2.42. The molecule has 1 atom stereocenters. The fourth-order valence-electron chi connectivity index (χ4n) is 6.05. The number of carbonyl (C=O) groups excluding carboxylic acids is 2. The summed E-state index contributed by atoms with van der Waals surface area (Å²) in [7, 11) is 0. The number of hydrogen-bond donors (Lipinski definition) is 3. The van der Waals surface area contributed by atoms with Gasteiger partial charge in [0.2, 0.25) is 5.91 Å². The van der Waals surface area contributed by atoms with Crippen LogP contribution in [0.3, 0.4) is 0 Å². The second kappa shape index (κ2) is 12.9. The molecule has 3 aromatic carbocycles. The Morgan fingerprint density at radius 2 is 1.55 bits per heavy atom. The van der Waals surface area contributed by atoms with Gasteiger partial charge in [-0.25, -0.2) is 9.59 Å². The van der Waals surface area contributed by atoms with Gasteiger partial charge in [0, 0.05) is 38.4 Å². The molecule has 8 nitrogen and oxygen atoms in total. The first-order chi connectivity index (χ1) is 20.4. The first-order valence-corrected chi connectivity index (χ1v) is 14.2. The number of ether oxygens (including phenoxy) is 1. The number of aliphatic carboxylic acids is 1. The molecule has 2 aliphatic rings. The Bertz CT molecular complexity index is 1430. The lowest BCUT2D eigenvalue weighted by molar-refractivity contribution is -0.142. The third kappa shape index (κ3) is 6.64. The summed E-state index contributed by atoms with van der Waals surface area (Å²) in [6.45, 7) is 2.22. The number of amides is 2. The third-order valence-electron chi connectivity index (χ3n) is 8.23. The van der Waals surface area contributed by atoms with Gasteiger partial charge in [-0.1, -0.05) is 78.9 Å². The molecule has 2 amide bonds. The average Bonchev–Trinajstić information content (AvgIpc) is 3.31. The highest BCUT2D eigenvalue weighted by atomic mass is 16.5. The Morgan fingerprint density at radius 1 is 0.952 bits per heavy atom. The zero-order valence-electron chi connectivity index (χ0n) is 23.4. The summed E-state index contributed by atoms with van der Waals surface area (Å²) in [6, 6.07) is 25.2. The number of terminal acetylenes is 1. The molecule has 0 bridgehead atoms. The lowest BCUT2D eigenvalue weighted by atomic mass is 9.83. The van der Waals surface area contributed by atoms with E-state index in [0.29, 0.717) is 25.9 Å². The van der Waals surface area contributed by atoms with Gasteiger partial charge >= 0.3 is 12.1 Å². The average molecular weight is 566 g/mol. The first-order valence-electron chi connectivity index (χ1n) is 14.2. The highest BCUT2D eigenvalue weighted by molar-refractivity contribution is 5.85. The number of hydrogen-bond acceptors (Lipinski definition) is 5. The Hall–Kier alpha value is -4.61. The fourth-order valence-corrected chi connectivity index (χ4v) is 6.05. The van der Waals surface area contributed by atoms with Crippen molar-refractivity contribution in [1.29, 1.82) is 0 Å². The molecule has 1 aliphatic carbocycles. The largest absolute Gasteiger partial charge is 0.480 e. The van der Waals surface area contributed by atoms with Crippen molar-refractivity contribution in [2.75, 3.05) is 19.7 Å². The van der Waals surface area contributed by atoms with Gasteiger partial charge in [0.25, 0.3) is 0 Å². The van der Waals surface area contributed by atoms with Gasteiger partial charge in [0.1, 0.15) is 12.6 Å². The molecular weight excluding hydrogens is 530 g/mol. The van der Waals surface area contributed by atoms with Gasteiger partial charge in [0.05, 0.1) is 5.54 Å². The van der Waals surface area contributed by atoms with Gasteiger partial charge in [-0.05, 0) is 40.7 Å². The number of rotatable bonds is 10. The zero-order chi connectivity index (χ0) is 29.5. The molecule has 1 aliphatic heterocycles. The van der Waals surface area contributed by atoms with Crippen LogP contribution in [0.5, 0.6) is 0 Å². The Balaban J connectivity index is 1.27. The van der Waals surface area contributed by atoms with Gasteiger partial charge in [-0.15, -0.1) is 12.3 Å². The van der Waals surface area contributed by atoms with Crippen molar-refractivity contribution in [3.05, 3.63) is 95.6 Å². The summed E-state index contributed by atoms with van der Waals surface area (Å²) in [5, 5.41) is 15.0. The van der Waals surface area contributed by atoms with Crippen LogP contribution in [0.4, 0.5) is 4.79 Å². The van der Waals surface area contributed by atoms with Crippen LogP contribution in [0.2, 0.25) is 0 Å². The van der Waals surface area contributed by atoms with Crippen LogP contribution in [-0.4, -0.2) is 59.3 Å². The van der Waals surface area contributed by atoms with E-state index in [4.69, 9.17) is 11.2 Å². The first kappa shape index (κ1) is 28.9. The number of likely N-dealkylation sites (tertiary alicyclic amines) is 1. The summed E-state index contributed by atoms with van der Waals surface area (Å²) in [4.78, 5) is 40.2. The molecule has 1 fully saturated rings. The smallest absolute Gasteiger partial charge is 0.407 e. The van der Waals surface area contributed by atoms with E-state index in [9.17, 15) is 19.5 Å². The van der Waals surface area contributed by atoms with E-state index in [1.807, 2.05) is 42.5 Å². The zero-order valence-corrected chi connectivity index (χ0v) is 23.4. The minimum atomic E-state index is -1.20. The third-order valence-corrected chi connectivity index (χ3v) is 8.23. The lowest BCUT2D eigenvalue weighted by Crippen LogP contribution is -2.58. The summed E-state index contributed by atoms with van der Waals surface area (Å²) in [5.41, 5.74) is 4.80.